The molecule has 1 aromatic carbocycles. The molecule has 18 heavy (non-hydrogen) atoms. The van der Waals surface area contributed by atoms with Gasteiger partial charge in [-0.1, -0.05) is 43.7 Å². The normalized spacial score (nSPS) is 14.2. The van der Waals surface area contributed by atoms with E-state index in [9.17, 15) is 9.59 Å². The molecule has 0 saturated heterocycles. The summed E-state index contributed by atoms with van der Waals surface area (Å²) in [5.41, 5.74) is 0.791. The van der Waals surface area contributed by atoms with Gasteiger partial charge in [-0.3, -0.25) is 0 Å². The molecular weight excluding hydrogens is 234 g/mol. The van der Waals surface area contributed by atoms with E-state index in [0.717, 1.165) is 5.56 Å². The Hall–Kier alpha value is -2.04. The summed E-state index contributed by atoms with van der Waals surface area (Å²) in [5, 5.41) is 11.0. The summed E-state index contributed by atoms with van der Waals surface area (Å²) < 4.78 is 12.6. The van der Waals surface area contributed by atoms with Crippen LogP contribution in [0.2, 0.25) is 0 Å². The fourth-order valence-corrected chi connectivity index (χ4v) is 1.36. The Kier molecular flexibility index (Phi) is 5.05. The molecule has 1 rings (SSSR count). The first-order chi connectivity index (χ1) is 8.98. The van der Waals surface area contributed by atoms with Crippen molar-refractivity contribution in [2.45, 2.75) is 32.4 Å². The molecule has 0 radical (unpaired) electrons. The van der Waals surface area contributed by atoms with Crippen molar-refractivity contribution in [3.05, 3.63) is 35.9 Å². The maximum absolute atomic E-state index is 11.5. The number of carboxylic acids is 1. The van der Waals surface area contributed by atoms with E-state index >= 15 is 0 Å². The van der Waals surface area contributed by atoms with Gasteiger partial charge in [-0.15, -0.1) is 0 Å². The van der Waals surface area contributed by atoms with E-state index in [1.165, 1.54) is 0 Å². The summed E-state index contributed by atoms with van der Waals surface area (Å²) >= 11 is 0. The molecule has 0 spiro atoms. The van der Waals surface area contributed by atoms with Crippen LogP contribution in [0.1, 0.15) is 26.7 Å². The van der Waals surface area contributed by atoms with Gasteiger partial charge in [0.15, 0.2) is 0 Å². The standard InChI is InChI=1S/C13H17NO4/c1-2-6-11(12(15)16)14-13(17)18-9-10-7-4-3-5-8-10/h3-5,7-8,11H,2,6,9H2,1H3,(H,14,17)(H,15,16)/i11D. The van der Waals surface area contributed by atoms with E-state index in [1.807, 2.05) is 6.07 Å². The number of carbonyl (C=O) groups is 2. The summed E-state index contributed by atoms with van der Waals surface area (Å²) in [5.74, 6) is -1.40. The maximum Gasteiger partial charge on any atom is 0.408 e. The summed E-state index contributed by atoms with van der Waals surface area (Å²) in [6, 6.07) is 6.97. The molecule has 0 bridgehead atoms. The average Bonchev–Trinajstić information content (AvgIpc) is 2.37. The molecule has 1 aromatic rings. The van der Waals surface area contributed by atoms with E-state index in [0.29, 0.717) is 6.42 Å². The third kappa shape index (κ3) is 4.86. The second kappa shape index (κ2) is 7.32. The number of aliphatic carboxylic acids is 1. The van der Waals surface area contributed by atoms with Gasteiger partial charge in [0, 0.05) is 0 Å². The highest BCUT2D eigenvalue weighted by Crippen LogP contribution is 2.02. The van der Waals surface area contributed by atoms with Crippen molar-refractivity contribution in [2.24, 2.45) is 0 Å². The summed E-state index contributed by atoms with van der Waals surface area (Å²) in [7, 11) is 0. The van der Waals surface area contributed by atoms with Gasteiger partial charge in [-0.2, -0.15) is 0 Å². The minimum Gasteiger partial charge on any atom is -0.480 e. The molecule has 1 unspecified atom stereocenters. The number of benzene rings is 1. The van der Waals surface area contributed by atoms with E-state index < -0.39 is 18.1 Å². The van der Waals surface area contributed by atoms with Crippen molar-refractivity contribution in [1.82, 2.24) is 5.32 Å². The van der Waals surface area contributed by atoms with Crippen molar-refractivity contribution in [3.63, 3.8) is 0 Å². The minimum atomic E-state index is -2.04. The van der Waals surface area contributed by atoms with Crippen LogP contribution in [-0.2, 0) is 16.1 Å². The van der Waals surface area contributed by atoms with Crippen molar-refractivity contribution in [1.29, 1.82) is 0 Å². The molecule has 98 valence electrons. The smallest absolute Gasteiger partial charge is 0.408 e. The van der Waals surface area contributed by atoms with E-state index in [-0.39, 0.29) is 13.0 Å². The van der Waals surface area contributed by atoms with Crippen LogP contribution in [0.15, 0.2) is 30.3 Å². The Morgan fingerprint density at radius 2 is 2.11 bits per heavy atom. The Balaban J connectivity index is 2.52. The second-order valence-corrected chi connectivity index (χ2v) is 3.72. The highest BCUT2D eigenvalue weighted by molar-refractivity contribution is 5.79. The molecule has 5 nitrogen and oxygen atoms in total. The largest absolute Gasteiger partial charge is 0.480 e. The van der Waals surface area contributed by atoms with Crippen LogP contribution < -0.4 is 5.32 Å². The average molecular weight is 252 g/mol. The Morgan fingerprint density at radius 1 is 1.44 bits per heavy atom. The van der Waals surface area contributed by atoms with Crippen molar-refractivity contribution < 1.29 is 20.8 Å². The lowest BCUT2D eigenvalue weighted by atomic mass is 10.2. The van der Waals surface area contributed by atoms with Gasteiger partial charge in [0.05, 0.1) is 1.37 Å². The highest BCUT2D eigenvalue weighted by atomic mass is 16.5. The Bertz CT molecular complexity index is 438. The zero-order chi connectivity index (χ0) is 14.3. The molecule has 0 aliphatic rings. The molecule has 1 atom stereocenters. The molecule has 0 aliphatic carbocycles. The summed E-state index contributed by atoms with van der Waals surface area (Å²) in [6.45, 7) is 1.78. The SMILES string of the molecule is [2H]C(CCC)(NC(=O)OCc1ccccc1)C(=O)O. The molecule has 0 aromatic heterocycles. The van der Waals surface area contributed by atoms with Gasteiger partial charge < -0.3 is 15.2 Å². The molecule has 0 fully saturated rings. The van der Waals surface area contributed by atoms with Gasteiger partial charge in [-0.25, -0.2) is 9.59 Å². The zero-order valence-electron chi connectivity index (χ0n) is 11.2. The fraction of sp³-hybridized carbons (Fsp3) is 0.385. The molecular formula is C13H17NO4. The van der Waals surface area contributed by atoms with Crippen LogP contribution in [0.3, 0.4) is 0 Å². The van der Waals surface area contributed by atoms with Gasteiger partial charge in [0.2, 0.25) is 0 Å². The highest BCUT2D eigenvalue weighted by Gasteiger charge is 2.19. The predicted octanol–water partition coefficient (Wildman–Crippen LogP) is 2.17. The molecule has 1 amide bonds. The number of nitrogens with one attached hydrogen (secondary N) is 1. The number of hydrogen-bond acceptors (Lipinski definition) is 3. The first-order valence-electron chi connectivity index (χ1n) is 6.20. The van der Waals surface area contributed by atoms with Crippen LogP contribution in [0.5, 0.6) is 0 Å². The number of amides is 1. The van der Waals surface area contributed by atoms with E-state index in [4.69, 9.17) is 11.2 Å². The molecule has 0 heterocycles. The lowest BCUT2D eigenvalue weighted by Crippen LogP contribution is -2.40. The third-order valence-electron chi connectivity index (χ3n) is 2.22. The Labute approximate surface area is 107 Å². The number of hydrogen-bond donors (Lipinski definition) is 2. The zero-order valence-corrected chi connectivity index (χ0v) is 10.2. The Morgan fingerprint density at radius 3 is 2.67 bits per heavy atom. The van der Waals surface area contributed by atoms with Crippen LogP contribution in [0.4, 0.5) is 4.79 Å². The second-order valence-electron chi connectivity index (χ2n) is 3.72. The van der Waals surface area contributed by atoms with Crippen LogP contribution in [-0.4, -0.2) is 23.2 Å². The first-order valence-corrected chi connectivity index (χ1v) is 5.70. The quantitative estimate of drug-likeness (QED) is 0.813. The number of carboxylic acid groups (broad SMARTS) is 1. The lowest BCUT2D eigenvalue weighted by Gasteiger charge is -2.13. The van der Waals surface area contributed by atoms with Gasteiger partial charge in [0.25, 0.3) is 0 Å². The minimum absolute atomic E-state index is 0.0166. The van der Waals surface area contributed by atoms with E-state index in [1.54, 1.807) is 31.2 Å². The number of rotatable bonds is 6. The molecule has 2 N–H and O–H groups in total. The van der Waals surface area contributed by atoms with Gasteiger partial charge in [-0.05, 0) is 12.0 Å². The van der Waals surface area contributed by atoms with E-state index in [2.05, 4.69) is 5.32 Å². The lowest BCUT2D eigenvalue weighted by molar-refractivity contribution is -0.139. The van der Waals surface area contributed by atoms with Gasteiger partial charge >= 0.3 is 12.1 Å². The number of alkyl carbamates (subject to hydrolysis) is 1. The number of carbonyl (C=O) groups excluding carboxylic acids is 1. The fourth-order valence-electron chi connectivity index (χ4n) is 1.36. The van der Waals surface area contributed by atoms with Crippen molar-refractivity contribution in [3.8, 4) is 0 Å². The van der Waals surface area contributed by atoms with Gasteiger partial charge in [0.1, 0.15) is 12.6 Å². The van der Waals surface area contributed by atoms with Crippen LogP contribution in [0, 0.1) is 0 Å². The third-order valence-corrected chi connectivity index (χ3v) is 2.22. The molecule has 0 aliphatic heterocycles. The van der Waals surface area contributed by atoms with Crippen molar-refractivity contribution >= 4 is 12.1 Å². The maximum atomic E-state index is 11.5. The summed E-state index contributed by atoms with van der Waals surface area (Å²) in [4.78, 5) is 22.5. The topological polar surface area (TPSA) is 75.6 Å². The van der Waals surface area contributed by atoms with Crippen LogP contribution >= 0.6 is 0 Å². The number of ether oxygens (including phenoxy) is 1. The summed E-state index contributed by atoms with van der Waals surface area (Å²) in [6.07, 6.45) is -0.424. The van der Waals surface area contributed by atoms with Crippen molar-refractivity contribution in [2.75, 3.05) is 0 Å². The molecule has 5 heteroatoms. The first kappa shape index (κ1) is 12.4. The molecule has 0 saturated carbocycles. The predicted molar refractivity (Wildman–Crippen MR) is 66.1 cm³/mol. The van der Waals surface area contributed by atoms with Crippen LogP contribution in [0.25, 0.3) is 0 Å². The monoisotopic (exact) mass is 252 g/mol.